The van der Waals surface area contributed by atoms with Crippen molar-refractivity contribution < 1.29 is 8.42 Å². The third-order valence-corrected chi connectivity index (χ3v) is 5.04. The SMILES string of the molecule is CC(NS(=O)(=O)c1ncccc1N)C1CCCC1. The second-order valence-corrected chi connectivity index (χ2v) is 6.48. The van der Waals surface area contributed by atoms with Crippen molar-refractivity contribution in [1.82, 2.24) is 9.71 Å². The van der Waals surface area contributed by atoms with Gasteiger partial charge in [-0.3, -0.25) is 0 Å². The zero-order valence-corrected chi connectivity index (χ0v) is 11.3. The number of nitrogen functional groups attached to an aromatic ring is 1. The molecular formula is C12H19N3O2S. The van der Waals surface area contributed by atoms with Gasteiger partial charge in [-0.15, -0.1) is 0 Å². The minimum absolute atomic E-state index is 0.0705. The molecule has 0 spiro atoms. The Morgan fingerprint density at radius 2 is 2.11 bits per heavy atom. The summed E-state index contributed by atoms with van der Waals surface area (Å²) in [5, 5.41) is -0.0742. The third kappa shape index (κ3) is 2.81. The highest BCUT2D eigenvalue weighted by molar-refractivity contribution is 7.89. The van der Waals surface area contributed by atoms with E-state index in [4.69, 9.17) is 5.73 Å². The van der Waals surface area contributed by atoms with Crippen LogP contribution in [0.3, 0.4) is 0 Å². The van der Waals surface area contributed by atoms with Crippen LogP contribution in [0.25, 0.3) is 0 Å². The van der Waals surface area contributed by atoms with Crippen molar-refractivity contribution in [2.45, 2.75) is 43.7 Å². The molecule has 0 aliphatic heterocycles. The van der Waals surface area contributed by atoms with Crippen molar-refractivity contribution in [3.05, 3.63) is 18.3 Å². The summed E-state index contributed by atoms with van der Waals surface area (Å²) < 4.78 is 27.0. The summed E-state index contributed by atoms with van der Waals surface area (Å²) in [6.07, 6.45) is 5.97. The first-order valence-electron chi connectivity index (χ1n) is 6.23. The van der Waals surface area contributed by atoms with Gasteiger partial charge < -0.3 is 5.73 Å². The van der Waals surface area contributed by atoms with Crippen molar-refractivity contribution in [3.8, 4) is 0 Å². The van der Waals surface area contributed by atoms with Crippen molar-refractivity contribution in [3.63, 3.8) is 0 Å². The summed E-state index contributed by atoms with van der Waals surface area (Å²) in [5.41, 5.74) is 5.84. The van der Waals surface area contributed by atoms with E-state index in [1.165, 1.54) is 19.0 Å². The molecule has 0 radical (unpaired) electrons. The summed E-state index contributed by atoms with van der Waals surface area (Å²) in [7, 11) is -3.61. The number of nitrogens with one attached hydrogen (secondary N) is 1. The molecule has 100 valence electrons. The van der Waals surface area contributed by atoms with Crippen LogP contribution < -0.4 is 10.5 Å². The molecule has 6 heteroatoms. The Balaban J connectivity index is 2.14. The van der Waals surface area contributed by atoms with E-state index in [1.54, 1.807) is 12.1 Å². The van der Waals surface area contributed by atoms with Crippen molar-refractivity contribution in [2.75, 3.05) is 5.73 Å². The number of anilines is 1. The van der Waals surface area contributed by atoms with Crippen LogP contribution in [0.15, 0.2) is 23.4 Å². The van der Waals surface area contributed by atoms with E-state index >= 15 is 0 Å². The zero-order valence-electron chi connectivity index (χ0n) is 10.5. The average Bonchev–Trinajstić information content (AvgIpc) is 2.82. The number of aromatic nitrogens is 1. The van der Waals surface area contributed by atoms with E-state index < -0.39 is 10.0 Å². The first-order chi connectivity index (χ1) is 8.50. The van der Waals surface area contributed by atoms with Gasteiger partial charge in [0, 0.05) is 12.2 Å². The zero-order chi connectivity index (χ0) is 13.2. The van der Waals surface area contributed by atoms with Crippen LogP contribution in [0, 0.1) is 5.92 Å². The summed E-state index contributed by atoms with van der Waals surface area (Å²) in [6, 6.07) is 3.09. The fourth-order valence-corrected chi connectivity index (χ4v) is 3.85. The Labute approximate surface area is 108 Å². The molecule has 2 rings (SSSR count). The van der Waals surface area contributed by atoms with Gasteiger partial charge in [-0.05, 0) is 37.8 Å². The molecule has 1 aliphatic rings. The molecular weight excluding hydrogens is 250 g/mol. The number of hydrogen-bond donors (Lipinski definition) is 2. The van der Waals surface area contributed by atoms with Gasteiger partial charge in [-0.25, -0.2) is 18.1 Å². The second-order valence-electron chi connectivity index (χ2n) is 4.85. The lowest BCUT2D eigenvalue weighted by atomic mass is 10.0. The standard InChI is InChI=1S/C12H19N3O2S/c1-9(10-5-2-3-6-10)15-18(16,17)12-11(13)7-4-8-14-12/h4,7-10,15H,2-3,5-6,13H2,1H3. The number of rotatable bonds is 4. The minimum Gasteiger partial charge on any atom is -0.396 e. The Morgan fingerprint density at radius 3 is 2.72 bits per heavy atom. The third-order valence-electron chi connectivity index (χ3n) is 3.50. The first kappa shape index (κ1) is 13.3. The predicted molar refractivity (Wildman–Crippen MR) is 70.4 cm³/mol. The summed E-state index contributed by atoms with van der Waals surface area (Å²) in [6.45, 7) is 1.91. The van der Waals surface area contributed by atoms with Gasteiger partial charge >= 0.3 is 0 Å². The van der Waals surface area contributed by atoms with Crippen LogP contribution in [0.4, 0.5) is 5.69 Å². The number of nitrogens with two attached hydrogens (primary N) is 1. The van der Waals surface area contributed by atoms with Gasteiger partial charge in [0.1, 0.15) is 0 Å². The van der Waals surface area contributed by atoms with Gasteiger partial charge in [0.25, 0.3) is 10.0 Å². The summed E-state index contributed by atoms with van der Waals surface area (Å²) in [5.74, 6) is 0.421. The molecule has 1 saturated carbocycles. The largest absolute Gasteiger partial charge is 0.396 e. The van der Waals surface area contributed by atoms with Crippen LogP contribution in [0.2, 0.25) is 0 Å². The number of hydrogen-bond acceptors (Lipinski definition) is 4. The monoisotopic (exact) mass is 269 g/mol. The maximum Gasteiger partial charge on any atom is 0.260 e. The highest BCUT2D eigenvalue weighted by Crippen LogP contribution is 2.28. The molecule has 0 aromatic carbocycles. The van der Waals surface area contributed by atoms with E-state index in [1.807, 2.05) is 6.92 Å². The van der Waals surface area contributed by atoms with E-state index in [9.17, 15) is 8.42 Å². The summed E-state index contributed by atoms with van der Waals surface area (Å²) in [4.78, 5) is 3.85. The Morgan fingerprint density at radius 1 is 1.44 bits per heavy atom. The van der Waals surface area contributed by atoms with Crippen LogP contribution in [-0.4, -0.2) is 19.4 Å². The molecule has 0 bridgehead atoms. The second kappa shape index (κ2) is 5.24. The van der Waals surface area contributed by atoms with E-state index in [2.05, 4.69) is 9.71 Å². The molecule has 1 unspecified atom stereocenters. The predicted octanol–water partition coefficient (Wildman–Crippen LogP) is 1.52. The smallest absolute Gasteiger partial charge is 0.260 e. The van der Waals surface area contributed by atoms with Crippen LogP contribution in [-0.2, 0) is 10.0 Å². The van der Waals surface area contributed by atoms with Gasteiger partial charge in [-0.1, -0.05) is 12.8 Å². The maximum absolute atomic E-state index is 12.2. The van der Waals surface area contributed by atoms with Crippen LogP contribution in [0.5, 0.6) is 0 Å². The molecule has 1 heterocycles. The summed E-state index contributed by atoms with van der Waals surface area (Å²) >= 11 is 0. The normalized spacial score (nSPS) is 18.9. The minimum atomic E-state index is -3.61. The Bertz CT molecular complexity index is 510. The Kier molecular flexibility index (Phi) is 3.87. The molecule has 1 aliphatic carbocycles. The van der Waals surface area contributed by atoms with Crippen LogP contribution >= 0.6 is 0 Å². The molecule has 18 heavy (non-hydrogen) atoms. The maximum atomic E-state index is 12.2. The number of nitrogens with zero attached hydrogens (tertiary/aromatic N) is 1. The highest BCUT2D eigenvalue weighted by Gasteiger charge is 2.27. The number of pyridine rings is 1. The molecule has 1 atom stereocenters. The lowest BCUT2D eigenvalue weighted by Gasteiger charge is -2.20. The van der Waals surface area contributed by atoms with Gasteiger partial charge in [0.05, 0.1) is 5.69 Å². The average molecular weight is 269 g/mol. The van der Waals surface area contributed by atoms with Gasteiger partial charge in [0.15, 0.2) is 5.03 Å². The number of sulfonamides is 1. The molecule has 0 amide bonds. The lowest BCUT2D eigenvalue weighted by molar-refractivity contribution is 0.423. The fourth-order valence-electron chi connectivity index (χ4n) is 2.48. The quantitative estimate of drug-likeness (QED) is 0.868. The Hall–Kier alpha value is -1.14. The van der Waals surface area contributed by atoms with Gasteiger partial charge in [-0.2, -0.15) is 0 Å². The van der Waals surface area contributed by atoms with E-state index in [-0.39, 0.29) is 16.8 Å². The molecule has 3 N–H and O–H groups in total. The van der Waals surface area contributed by atoms with E-state index in [0.29, 0.717) is 5.92 Å². The lowest BCUT2D eigenvalue weighted by Crippen LogP contribution is -2.37. The first-order valence-corrected chi connectivity index (χ1v) is 7.72. The highest BCUT2D eigenvalue weighted by atomic mass is 32.2. The van der Waals surface area contributed by atoms with Crippen LogP contribution in [0.1, 0.15) is 32.6 Å². The molecule has 1 aromatic heterocycles. The van der Waals surface area contributed by atoms with Crippen molar-refractivity contribution in [1.29, 1.82) is 0 Å². The van der Waals surface area contributed by atoms with E-state index in [0.717, 1.165) is 12.8 Å². The van der Waals surface area contributed by atoms with Crippen molar-refractivity contribution >= 4 is 15.7 Å². The molecule has 1 fully saturated rings. The fraction of sp³-hybridized carbons (Fsp3) is 0.583. The van der Waals surface area contributed by atoms with Gasteiger partial charge in [0.2, 0.25) is 0 Å². The topological polar surface area (TPSA) is 85.1 Å². The van der Waals surface area contributed by atoms with Crippen molar-refractivity contribution in [2.24, 2.45) is 5.92 Å². The molecule has 1 aromatic rings. The molecule has 0 saturated heterocycles. The molecule has 5 nitrogen and oxygen atoms in total.